The molecule has 3 rings (SSSR count). The first-order valence-corrected chi connectivity index (χ1v) is 7.04. The molecule has 2 heterocycles. The predicted octanol–water partition coefficient (Wildman–Crippen LogP) is 2.62. The van der Waals surface area contributed by atoms with E-state index in [1.807, 2.05) is 19.3 Å². The first-order chi connectivity index (χ1) is 9.20. The van der Waals surface area contributed by atoms with E-state index in [0.29, 0.717) is 17.7 Å². The van der Waals surface area contributed by atoms with E-state index in [-0.39, 0.29) is 0 Å². The van der Waals surface area contributed by atoms with Crippen molar-refractivity contribution in [3.05, 3.63) is 34.7 Å². The zero-order chi connectivity index (χ0) is 13.2. The lowest BCUT2D eigenvalue weighted by Gasteiger charge is -2.09. The number of rotatable bonds is 5. The summed E-state index contributed by atoms with van der Waals surface area (Å²) in [7, 11) is 1.86. The van der Waals surface area contributed by atoms with Crippen LogP contribution >= 0.6 is 15.9 Å². The molecule has 1 saturated carbocycles. The van der Waals surface area contributed by atoms with Crippen molar-refractivity contribution in [2.75, 3.05) is 0 Å². The molecule has 5 nitrogen and oxygen atoms in total. The summed E-state index contributed by atoms with van der Waals surface area (Å²) in [4.78, 5) is 4.33. The highest BCUT2D eigenvalue weighted by molar-refractivity contribution is 9.10. The van der Waals surface area contributed by atoms with Gasteiger partial charge in [-0.25, -0.2) is 4.98 Å². The van der Waals surface area contributed by atoms with Crippen LogP contribution in [0.3, 0.4) is 0 Å². The van der Waals surface area contributed by atoms with Gasteiger partial charge in [-0.3, -0.25) is 4.68 Å². The zero-order valence-corrected chi connectivity index (χ0v) is 12.2. The van der Waals surface area contributed by atoms with Crippen molar-refractivity contribution in [2.24, 2.45) is 7.05 Å². The van der Waals surface area contributed by atoms with Crippen LogP contribution in [0.4, 0.5) is 0 Å². The lowest BCUT2D eigenvalue weighted by molar-refractivity contribution is 0.452. The largest absolute Gasteiger partial charge is 0.435 e. The third-order valence-corrected chi connectivity index (χ3v) is 3.38. The highest BCUT2D eigenvalue weighted by Crippen LogP contribution is 2.26. The minimum atomic E-state index is 0.629. The van der Waals surface area contributed by atoms with Gasteiger partial charge in [0.2, 0.25) is 5.88 Å². The van der Waals surface area contributed by atoms with Crippen molar-refractivity contribution in [1.82, 2.24) is 20.1 Å². The van der Waals surface area contributed by atoms with Crippen LogP contribution in [0.1, 0.15) is 18.4 Å². The molecule has 0 aliphatic heterocycles. The van der Waals surface area contributed by atoms with Gasteiger partial charge in [0.1, 0.15) is 0 Å². The van der Waals surface area contributed by atoms with Crippen LogP contribution in [0, 0.1) is 0 Å². The molecule has 0 spiro atoms. The van der Waals surface area contributed by atoms with E-state index in [1.165, 1.54) is 12.8 Å². The Labute approximate surface area is 120 Å². The molecule has 0 aromatic carbocycles. The Morgan fingerprint density at radius 1 is 1.47 bits per heavy atom. The summed E-state index contributed by atoms with van der Waals surface area (Å²) in [6.07, 6.45) is 7.77. The summed E-state index contributed by atoms with van der Waals surface area (Å²) in [5, 5.41) is 7.55. The molecule has 0 unspecified atom stereocenters. The molecule has 100 valence electrons. The second-order valence-electron chi connectivity index (χ2n) is 4.72. The Hall–Kier alpha value is -1.40. The van der Waals surface area contributed by atoms with Gasteiger partial charge in [0.25, 0.3) is 0 Å². The van der Waals surface area contributed by atoms with Crippen LogP contribution in [0.25, 0.3) is 0 Å². The number of aryl methyl sites for hydroxylation is 1. The van der Waals surface area contributed by atoms with Crippen molar-refractivity contribution < 1.29 is 4.74 Å². The topological polar surface area (TPSA) is 52.0 Å². The average molecular weight is 323 g/mol. The van der Waals surface area contributed by atoms with Gasteiger partial charge in [-0.05, 0) is 34.8 Å². The standard InChI is InChI=1S/C13H15BrN4O/c1-18-8-12(7-17-18)19-13-9(4-10(14)6-16-13)5-15-11-2-3-11/h4,6-8,11,15H,2-3,5H2,1H3. The van der Waals surface area contributed by atoms with Gasteiger partial charge < -0.3 is 10.1 Å². The third kappa shape index (κ3) is 3.33. The molecule has 0 radical (unpaired) electrons. The van der Waals surface area contributed by atoms with E-state index in [9.17, 15) is 0 Å². The van der Waals surface area contributed by atoms with E-state index < -0.39 is 0 Å². The molecule has 0 amide bonds. The molecule has 2 aromatic rings. The summed E-state index contributed by atoms with van der Waals surface area (Å²) in [5.41, 5.74) is 1.05. The fraction of sp³-hybridized carbons (Fsp3) is 0.385. The first-order valence-electron chi connectivity index (χ1n) is 6.25. The smallest absolute Gasteiger partial charge is 0.223 e. The average Bonchev–Trinajstić information content (AvgIpc) is 3.13. The number of nitrogens with one attached hydrogen (secondary N) is 1. The summed E-state index contributed by atoms with van der Waals surface area (Å²) < 4.78 is 8.44. The van der Waals surface area contributed by atoms with Crippen LogP contribution < -0.4 is 10.1 Å². The number of nitrogens with zero attached hydrogens (tertiary/aromatic N) is 3. The molecule has 1 aliphatic carbocycles. The lowest BCUT2D eigenvalue weighted by Crippen LogP contribution is -2.16. The number of halogens is 1. The highest BCUT2D eigenvalue weighted by Gasteiger charge is 2.21. The molecule has 0 saturated heterocycles. The van der Waals surface area contributed by atoms with Gasteiger partial charge in [0.05, 0.1) is 12.4 Å². The lowest BCUT2D eigenvalue weighted by atomic mass is 10.2. The molecule has 1 N–H and O–H groups in total. The third-order valence-electron chi connectivity index (χ3n) is 2.95. The maximum absolute atomic E-state index is 5.78. The van der Waals surface area contributed by atoms with Gasteiger partial charge in [0.15, 0.2) is 5.75 Å². The van der Waals surface area contributed by atoms with Gasteiger partial charge in [0, 0.05) is 35.9 Å². The molecule has 1 aliphatic rings. The maximum atomic E-state index is 5.78. The van der Waals surface area contributed by atoms with E-state index in [0.717, 1.165) is 16.6 Å². The van der Waals surface area contributed by atoms with E-state index >= 15 is 0 Å². The second kappa shape index (κ2) is 5.30. The monoisotopic (exact) mass is 322 g/mol. The first kappa shape index (κ1) is 12.6. The minimum Gasteiger partial charge on any atom is -0.435 e. The summed E-state index contributed by atoms with van der Waals surface area (Å²) in [6, 6.07) is 2.69. The molecule has 0 bridgehead atoms. The van der Waals surface area contributed by atoms with Gasteiger partial charge >= 0.3 is 0 Å². The Morgan fingerprint density at radius 2 is 2.32 bits per heavy atom. The van der Waals surface area contributed by atoms with E-state index in [1.54, 1.807) is 17.1 Å². The number of aromatic nitrogens is 3. The molecular formula is C13H15BrN4O. The Balaban J connectivity index is 1.77. The van der Waals surface area contributed by atoms with E-state index in [4.69, 9.17) is 4.74 Å². The van der Waals surface area contributed by atoms with Gasteiger partial charge in [-0.1, -0.05) is 0 Å². The van der Waals surface area contributed by atoms with E-state index in [2.05, 4.69) is 31.3 Å². The molecule has 2 aromatic heterocycles. The Morgan fingerprint density at radius 3 is 3.00 bits per heavy atom. The Bertz CT molecular complexity index is 580. The van der Waals surface area contributed by atoms with Crippen molar-refractivity contribution in [3.8, 4) is 11.6 Å². The predicted molar refractivity (Wildman–Crippen MR) is 75.1 cm³/mol. The molecule has 19 heavy (non-hydrogen) atoms. The summed E-state index contributed by atoms with van der Waals surface area (Å²) in [5.74, 6) is 1.33. The second-order valence-corrected chi connectivity index (χ2v) is 5.64. The number of hydrogen-bond acceptors (Lipinski definition) is 4. The van der Waals surface area contributed by atoms with Crippen LogP contribution in [0.2, 0.25) is 0 Å². The van der Waals surface area contributed by atoms with Crippen LogP contribution in [-0.4, -0.2) is 20.8 Å². The van der Waals surface area contributed by atoms with Gasteiger partial charge in [-0.2, -0.15) is 5.10 Å². The van der Waals surface area contributed by atoms with Crippen LogP contribution in [-0.2, 0) is 13.6 Å². The SMILES string of the molecule is Cn1cc(Oc2ncc(Br)cc2CNC2CC2)cn1. The quantitative estimate of drug-likeness (QED) is 0.919. The van der Waals surface area contributed by atoms with Crippen molar-refractivity contribution in [3.63, 3.8) is 0 Å². The molecule has 0 atom stereocenters. The highest BCUT2D eigenvalue weighted by atomic mass is 79.9. The van der Waals surface area contributed by atoms with Crippen LogP contribution in [0.15, 0.2) is 29.1 Å². The summed E-state index contributed by atoms with van der Waals surface area (Å²) in [6.45, 7) is 0.771. The molecular weight excluding hydrogens is 308 g/mol. The van der Waals surface area contributed by atoms with Crippen molar-refractivity contribution >= 4 is 15.9 Å². The maximum Gasteiger partial charge on any atom is 0.223 e. The fourth-order valence-electron chi connectivity index (χ4n) is 1.79. The number of pyridine rings is 1. The minimum absolute atomic E-state index is 0.629. The normalized spacial score (nSPS) is 14.6. The number of ether oxygens (including phenoxy) is 1. The summed E-state index contributed by atoms with van der Waals surface area (Å²) >= 11 is 3.45. The Kier molecular flexibility index (Phi) is 3.52. The molecule has 1 fully saturated rings. The molecule has 6 heteroatoms. The van der Waals surface area contributed by atoms with Crippen molar-refractivity contribution in [2.45, 2.75) is 25.4 Å². The zero-order valence-electron chi connectivity index (χ0n) is 10.6. The van der Waals surface area contributed by atoms with Crippen molar-refractivity contribution in [1.29, 1.82) is 0 Å². The fourth-order valence-corrected chi connectivity index (χ4v) is 2.17. The number of hydrogen-bond donors (Lipinski definition) is 1. The van der Waals surface area contributed by atoms with Gasteiger partial charge in [-0.15, -0.1) is 0 Å². The van der Waals surface area contributed by atoms with Crippen LogP contribution in [0.5, 0.6) is 11.6 Å².